The molecule has 0 saturated heterocycles. The van der Waals surface area contributed by atoms with Crippen molar-refractivity contribution in [2.45, 2.75) is 57.5 Å². The first kappa shape index (κ1) is 12.9. The van der Waals surface area contributed by atoms with Crippen molar-refractivity contribution in [3.8, 4) is 0 Å². The summed E-state index contributed by atoms with van der Waals surface area (Å²) in [6.45, 7) is 0.827. The van der Waals surface area contributed by atoms with Crippen LogP contribution in [0.2, 0.25) is 5.15 Å². The number of aromatic nitrogens is 2. The van der Waals surface area contributed by atoms with Crippen molar-refractivity contribution >= 4 is 11.6 Å². The van der Waals surface area contributed by atoms with Crippen LogP contribution in [0, 0.1) is 0 Å². The summed E-state index contributed by atoms with van der Waals surface area (Å²) in [5, 5.41) is 4.33. The Bertz CT molecular complexity index is 340. The summed E-state index contributed by atoms with van der Waals surface area (Å²) < 4.78 is 1.94. The molecule has 1 heterocycles. The van der Waals surface area contributed by atoms with Crippen LogP contribution in [0.5, 0.6) is 0 Å². The largest absolute Gasteiger partial charge is 0.321 e. The van der Waals surface area contributed by atoms with Crippen molar-refractivity contribution in [1.29, 1.82) is 0 Å². The van der Waals surface area contributed by atoms with Gasteiger partial charge in [-0.15, -0.1) is 0 Å². The molecule has 3 nitrogen and oxygen atoms in total. The molecule has 0 unspecified atom stereocenters. The number of imidazole rings is 1. The average Bonchev–Trinajstić information content (AvgIpc) is 2.59. The van der Waals surface area contributed by atoms with Crippen LogP contribution in [0.15, 0.2) is 6.20 Å². The molecule has 1 aliphatic carbocycles. The highest BCUT2D eigenvalue weighted by atomic mass is 35.5. The Labute approximate surface area is 109 Å². The minimum atomic E-state index is 0.658. The third-order valence-corrected chi connectivity index (χ3v) is 4.03. The lowest BCUT2D eigenvalue weighted by Gasteiger charge is -2.20. The molecule has 1 N–H and O–H groups in total. The van der Waals surface area contributed by atoms with Gasteiger partial charge < -0.3 is 9.88 Å². The third-order valence-electron chi connectivity index (χ3n) is 3.68. The van der Waals surface area contributed by atoms with Crippen LogP contribution in [-0.4, -0.2) is 15.6 Å². The maximum absolute atomic E-state index is 5.97. The van der Waals surface area contributed by atoms with Gasteiger partial charge in [0.05, 0.1) is 12.7 Å². The quantitative estimate of drug-likeness (QED) is 0.898. The predicted octanol–water partition coefficient (Wildman–Crippen LogP) is 3.28. The first-order valence-electron chi connectivity index (χ1n) is 6.67. The molecule has 0 spiro atoms. The Kier molecular flexibility index (Phi) is 4.86. The van der Waals surface area contributed by atoms with Crippen LogP contribution in [0.3, 0.4) is 0 Å². The van der Waals surface area contributed by atoms with Gasteiger partial charge in [0.2, 0.25) is 0 Å². The van der Waals surface area contributed by atoms with Crippen molar-refractivity contribution in [2.24, 2.45) is 7.05 Å². The molecule has 0 bridgehead atoms. The summed E-state index contributed by atoms with van der Waals surface area (Å²) in [5.41, 5.74) is 0. The van der Waals surface area contributed by atoms with Crippen LogP contribution in [0.1, 0.15) is 50.8 Å². The van der Waals surface area contributed by atoms with E-state index < -0.39 is 0 Å². The fourth-order valence-corrected chi connectivity index (χ4v) is 2.63. The predicted molar refractivity (Wildman–Crippen MR) is 71.2 cm³/mol. The number of nitrogens with zero attached hydrogens (tertiary/aromatic N) is 2. The summed E-state index contributed by atoms with van der Waals surface area (Å²) in [4.78, 5) is 4.31. The van der Waals surface area contributed by atoms with E-state index in [1.54, 1.807) is 6.20 Å². The van der Waals surface area contributed by atoms with E-state index in [-0.39, 0.29) is 0 Å². The molecule has 2 rings (SSSR count). The second-order valence-corrected chi connectivity index (χ2v) is 5.37. The van der Waals surface area contributed by atoms with E-state index in [1.807, 2.05) is 11.6 Å². The third kappa shape index (κ3) is 3.71. The van der Waals surface area contributed by atoms with Crippen molar-refractivity contribution in [3.05, 3.63) is 17.2 Å². The zero-order valence-electron chi connectivity index (χ0n) is 10.6. The first-order chi connectivity index (χ1) is 8.27. The summed E-state index contributed by atoms with van der Waals surface area (Å²) >= 11 is 5.97. The van der Waals surface area contributed by atoms with Crippen LogP contribution in [0.4, 0.5) is 0 Å². The van der Waals surface area contributed by atoms with E-state index in [0.717, 1.165) is 12.4 Å². The zero-order chi connectivity index (χ0) is 12.1. The van der Waals surface area contributed by atoms with Crippen molar-refractivity contribution in [2.75, 3.05) is 0 Å². The number of hydrogen-bond acceptors (Lipinski definition) is 2. The van der Waals surface area contributed by atoms with E-state index >= 15 is 0 Å². The van der Waals surface area contributed by atoms with Gasteiger partial charge in [0.15, 0.2) is 0 Å². The van der Waals surface area contributed by atoms with Crippen LogP contribution in [0.25, 0.3) is 0 Å². The molecule has 17 heavy (non-hydrogen) atoms. The van der Waals surface area contributed by atoms with Gasteiger partial charge in [0.1, 0.15) is 11.0 Å². The molecular weight excluding hydrogens is 234 g/mol. The minimum absolute atomic E-state index is 0.658. The molecule has 0 atom stereocenters. The Morgan fingerprint density at radius 2 is 1.94 bits per heavy atom. The second kappa shape index (κ2) is 6.41. The molecular formula is C13H22ClN3. The Hall–Kier alpha value is -0.540. The fraction of sp³-hybridized carbons (Fsp3) is 0.769. The standard InChI is InChI=1S/C13H22ClN3/c1-17-12(14)9-16-13(17)10-15-11-7-5-3-2-4-6-8-11/h9,11,15H,2-8,10H2,1H3. The fourth-order valence-electron chi connectivity index (χ4n) is 2.48. The zero-order valence-corrected chi connectivity index (χ0v) is 11.3. The van der Waals surface area contributed by atoms with Gasteiger partial charge in [-0.05, 0) is 12.8 Å². The Balaban J connectivity index is 1.82. The molecule has 0 amide bonds. The SMILES string of the molecule is Cn1c(Cl)cnc1CNC1CCCCCCC1. The first-order valence-corrected chi connectivity index (χ1v) is 7.04. The lowest BCUT2D eigenvalue weighted by atomic mass is 9.97. The van der Waals surface area contributed by atoms with Gasteiger partial charge in [0.25, 0.3) is 0 Å². The molecule has 1 fully saturated rings. The van der Waals surface area contributed by atoms with E-state index in [9.17, 15) is 0 Å². The Morgan fingerprint density at radius 3 is 2.53 bits per heavy atom. The monoisotopic (exact) mass is 255 g/mol. The van der Waals surface area contributed by atoms with E-state index in [2.05, 4.69) is 10.3 Å². The van der Waals surface area contributed by atoms with E-state index in [1.165, 1.54) is 44.9 Å². The van der Waals surface area contributed by atoms with Crippen LogP contribution < -0.4 is 5.32 Å². The second-order valence-electron chi connectivity index (χ2n) is 4.98. The topological polar surface area (TPSA) is 29.9 Å². The maximum atomic E-state index is 5.97. The lowest BCUT2D eigenvalue weighted by Crippen LogP contribution is -2.30. The molecule has 1 aromatic rings. The van der Waals surface area contributed by atoms with Gasteiger partial charge in [-0.2, -0.15) is 0 Å². The Morgan fingerprint density at radius 1 is 1.29 bits per heavy atom. The molecule has 96 valence electrons. The van der Waals surface area contributed by atoms with Crippen LogP contribution in [-0.2, 0) is 13.6 Å². The summed E-state index contributed by atoms with van der Waals surface area (Å²) in [7, 11) is 1.96. The van der Waals surface area contributed by atoms with E-state index in [4.69, 9.17) is 11.6 Å². The molecule has 1 aromatic heterocycles. The highest BCUT2D eigenvalue weighted by Gasteiger charge is 2.12. The number of rotatable bonds is 3. The van der Waals surface area contributed by atoms with Crippen LogP contribution >= 0.6 is 11.6 Å². The minimum Gasteiger partial charge on any atom is -0.321 e. The number of nitrogens with one attached hydrogen (secondary N) is 1. The number of halogens is 1. The molecule has 1 aliphatic rings. The highest BCUT2D eigenvalue weighted by molar-refractivity contribution is 6.29. The molecule has 0 aromatic carbocycles. The summed E-state index contributed by atoms with van der Waals surface area (Å²) in [6.07, 6.45) is 11.3. The molecule has 0 radical (unpaired) electrons. The molecule has 0 aliphatic heterocycles. The number of hydrogen-bond donors (Lipinski definition) is 1. The average molecular weight is 256 g/mol. The van der Waals surface area contributed by atoms with Gasteiger partial charge in [-0.25, -0.2) is 4.98 Å². The van der Waals surface area contributed by atoms with Gasteiger partial charge >= 0.3 is 0 Å². The van der Waals surface area contributed by atoms with E-state index in [0.29, 0.717) is 11.2 Å². The summed E-state index contributed by atoms with van der Waals surface area (Å²) in [6, 6.07) is 0.658. The lowest BCUT2D eigenvalue weighted by molar-refractivity contribution is 0.384. The van der Waals surface area contributed by atoms with Gasteiger partial charge in [-0.1, -0.05) is 43.7 Å². The highest BCUT2D eigenvalue weighted by Crippen LogP contribution is 2.17. The smallest absolute Gasteiger partial charge is 0.128 e. The molecule has 1 saturated carbocycles. The summed E-state index contributed by atoms with van der Waals surface area (Å²) in [5.74, 6) is 1.03. The normalized spacial score (nSPS) is 18.9. The van der Waals surface area contributed by atoms with Crippen molar-refractivity contribution in [3.63, 3.8) is 0 Å². The van der Waals surface area contributed by atoms with Crippen molar-refractivity contribution < 1.29 is 0 Å². The van der Waals surface area contributed by atoms with Gasteiger partial charge in [-0.3, -0.25) is 0 Å². The van der Waals surface area contributed by atoms with Crippen molar-refractivity contribution in [1.82, 2.24) is 14.9 Å². The van der Waals surface area contributed by atoms with Gasteiger partial charge in [0, 0.05) is 13.1 Å². The maximum Gasteiger partial charge on any atom is 0.128 e. The molecule has 4 heteroatoms.